The molecule has 4 nitrogen and oxygen atoms in total. The number of nitrogens with zero attached hydrogens (tertiary/aromatic N) is 2. The topological polar surface area (TPSA) is 35.6 Å². The minimum absolute atomic E-state index is 0.0920. The molecule has 1 aliphatic heterocycles. The summed E-state index contributed by atoms with van der Waals surface area (Å²) in [5, 5.41) is 3.10. The first-order valence-electron chi connectivity index (χ1n) is 12.5. The summed E-state index contributed by atoms with van der Waals surface area (Å²) in [7, 11) is 0. The van der Waals surface area contributed by atoms with Crippen molar-refractivity contribution in [2.75, 3.05) is 42.9 Å². The lowest BCUT2D eigenvalue weighted by Gasteiger charge is -2.35. The average molecular weight is 468 g/mol. The van der Waals surface area contributed by atoms with Crippen molar-refractivity contribution < 1.29 is 4.79 Å². The molecule has 1 N–H and O–H groups in total. The van der Waals surface area contributed by atoms with Gasteiger partial charge in [0.1, 0.15) is 0 Å². The Morgan fingerprint density at radius 2 is 1.60 bits per heavy atom. The Bertz CT molecular complexity index is 1170. The highest BCUT2D eigenvalue weighted by molar-refractivity contribution is 6.08. The summed E-state index contributed by atoms with van der Waals surface area (Å²) in [6, 6.07) is 22.8. The van der Waals surface area contributed by atoms with E-state index in [0.29, 0.717) is 5.56 Å². The minimum Gasteiger partial charge on any atom is -0.369 e. The summed E-state index contributed by atoms with van der Waals surface area (Å²) in [6.07, 6.45) is 1.97. The van der Waals surface area contributed by atoms with Gasteiger partial charge in [-0.05, 0) is 59.4 Å². The molecule has 0 aromatic heterocycles. The molecule has 0 unspecified atom stereocenters. The van der Waals surface area contributed by atoms with E-state index in [1.54, 1.807) is 0 Å². The van der Waals surface area contributed by atoms with Crippen LogP contribution < -0.4 is 10.2 Å². The number of anilines is 2. The normalized spacial score (nSPS) is 14.6. The molecule has 1 fully saturated rings. The van der Waals surface area contributed by atoms with Crippen LogP contribution in [0.25, 0.3) is 11.1 Å². The molecule has 1 heterocycles. The zero-order valence-corrected chi connectivity index (χ0v) is 21.5. The van der Waals surface area contributed by atoms with Gasteiger partial charge in [0.2, 0.25) is 0 Å². The molecular weight excluding hydrogens is 430 g/mol. The Morgan fingerprint density at radius 3 is 2.20 bits per heavy atom. The van der Waals surface area contributed by atoms with Crippen LogP contribution in [0.2, 0.25) is 0 Å². The van der Waals surface area contributed by atoms with Crippen molar-refractivity contribution in [3.63, 3.8) is 0 Å². The summed E-state index contributed by atoms with van der Waals surface area (Å²) in [6.45, 7) is 17.6. The summed E-state index contributed by atoms with van der Waals surface area (Å²) >= 11 is 0. The van der Waals surface area contributed by atoms with Crippen molar-refractivity contribution in [3.05, 3.63) is 96.1 Å². The van der Waals surface area contributed by atoms with E-state index < -0.39 is 0 Å². The molecule has 35 heavy (non-hydrogen) atoms. The van der Waals surface area contributed by atoms with E-state index in [1.165, 1.54) is 11.3 Å². The highest BCUT2D eigenvalue weighted by atomic mass is 16.1. The fourth-order valence-electron chi connectivity index (χ4n) is 4.57. The Balaban J connectivity index is 1.48. The highest BCUT2D eigenvalue weighted by Gasteiger charge is 2.18. The number of carbonyl (C=O) groups is 1. The molecular formula is C31H37N3O. The lowest BCUT2D eigenvalue weighted by Crippen LogP contribution is -2.46. The van der Waals surface area contributed by atoms with Gasteiger partial charge in [0, 0.05) is 49.7 Å². The zero-order chi connectivity index (χ0) is 25.0. The highest BCUT2D eigenvalue weighted by Crippen LogP contribution is 2.30. The number of aryl methyl sites for hydroxylation is 1. The molecule has 0 aliphatic carbocycles. The lowest BCUT2D eigenvalue weighted by atomic mass is 9.86. The van der Waals surface area contributed by atoms with E-state index in [2.05, 4.69) is 91.9 Å². The average Bonchev–Trinajstić information content (AvgIpc) is 2.85. The molecule has 4 heteroatoms. The van der Waals surface area contributed by atoms with Crippen LogP contribution in [0.3, 0.4) is 0 Å². The van der Waals surface area contributed by atoms with Crippen molar-refractivity contribution in [3.8, 4) is 11.1 Å². The first-order chi connectivity index (χ1) is 16.7. The smallest absolute Gasteiger partial charge is 0.256 e. The third-order valence-corrected chi connectivity index (χ3v) is 6.73. The number of hydrogen-bond acceptors (Lipinski definition) is 3. The van der Waals surface area contributed by atoms with Crippen LogP contribution in [-0.4, -0.2) is 43.5 Å². The monoisotopic (exact) mass is 467 g/mol. The van der Waals surface area contributed by atoms with E-state index in [-0.39, 0.29) is 11.3 Å². The molecule has 1 amide bonds. The molecule has 4 rings (SSSR count). The van der Waals surface area contributed by atoms with Gasteiger partial charge in [-0.25, -0.2) is 0 Å². The van der Waals surface area contributed by atoms with E-state index in [0.717, 1.165) is 55.1 Å². The van der Waals surface area contributed by atoms with Crippen LogP contribution in [0.1, 0.15) is 42.3 Å². The zero-order valence-electron chi connectivity index (χ0n) is 21.5. The fourth-order valence-corrected chi connectivity index (χ4v) is 4.57. The van der Waals surface area contributed by atoms with E-state index in [4.69, 9.17) is 0 Å². The SMILES string of the molecule is C=CCN1CCN(c2ccc(NC(=O)c3ccc(C)cc3-c3ccc(C(C)(C)C)cc3)cc2)CC1. The predicted molar refractivity (Wildman–Crippen MR) is 149 cm³/mol. The molecule has 0 spiro atoms. The second kappa shape index (κ2) is 10.5. The molecule has 0 bridgehead atoms. The molecule has 0 atom stereocenters. The maximum Gasteiger partial charge on any atom is 0.256 e. The van der Waals surface area contributed by atoms with Gasteiger partial charge < -0.3 is 10.2 Å². The van der Waals surface area contributed by atoms with Crippen molar-refractivity contribution in [2.45, 2.75) is 33.1 Å². The number of rotatable bonds is 6. The first-order valence-corrected chi connectivity index (χ1v) is 12.5. The second-order valence-electron chi connectivity index (χ2n) is 10.5. The van der Waals surface area contributed by atoms with Gasteiger partial charge in [-0.2, -0.15) is 0 Å². The molecule has 182 valence electrons. The summed E-state index contributed by atoms with van der Waals surface area (Å²) in [4.78, 5) is 18.1. The third-order valence-electron chi connectivity index (χ3n) is 6.73. The van der Waals surface area contributed by atoms with Gasteiger partial charge in [-0.15, -0.1) is 6.58 Å². The number of nitrogens with one attached hydrogen (secondary N) is 1. The fraction of sp³-hybridized carbons (Fsp3) is 0.323. The van der Waals surface area contributed by atoms with Gasteiger partial charge >= 0.3 is 0 Å². The number of benzene rings is 3. The van der Waals surface area contributed by atoms with Crippen molar-refractivity contribution in [1.29, 1.82) is 0 Å². The Kier molecular flexibility index (Phi) is 7.42. The third kappa shape index (κ3) is 6.01. The number of amides is 1. The standard InChI is InChI=1S/C31H37N3O/c1-6-17-33-18-20-34(21-19-33)27-14-12-26(13-15-27)32-30(35)28-16-7-23(2)22-29(28)24-8-10-25(11-9-24)31(3,4)5/h6-16,22H,1,17-21H2,2-5H3,(H,32,35). The maximum absolute atomic E-state index is 13.3. The quantitative estimate of drug-likeness (QED) is 0.419. The summed E-state index contributed by atoms with van der Waals surface area (Å²) in [5.74, 6) is -0.0920. The van der Waals surface area contributed by atoms with Crippen LogP contribution in [0.5, 0.6) is 0 Å². The van der Waals surface area contributed by atoms with Crippen LogP contribution in [0, 0.1) is 6.92 Å². The van der Waals surface area contributed by atoms with E-state index in [1.807, 2.05) is 30.3 Å². The Morgan fingerprint density at radius 1 is 0.943 bits per heavy atom. The lowest BCUT2D eigenvalue weighted by molar-refractivity contribution is 0.102. The number of piperazine rings is 1. The van der Waals surface area contributed by atoms with Crippen LogP contribution in [-0.2, 0) is 5.41 Å². The molecule has 3 aromatic rings. The molecule has 0 radical (unpaired) electrons. The molecule has 1 aliphatic rings. The van der Waals surface area contributed by atoms with Gasteiger partial charge in [0.05, 0.1) is 0 Å². The molecule has 3 aromatic carbocycles. The van der Waals surface area contributed by atoms with Gasteiger partial charge in [0.25, 0.3) is 5.91 Å². The van der Waals surface area contributed by atoms with Crippen LogP contribution in [0.15, 0.2) is 79.4 Å². The van der Waals surface area contributed by atoms with Gasteiger partial charge in [-0.3, -0.25) is 9.69 Å². The summed E-state index contributed by atoms with van der Waals surface area (Å²) < 4.78 is 0. The van der Waals surface area contributed by atoms with Crippen LogP contribution in [0.4, 0.5) is 11.4 Å². The van der Waals surface area contributed by atoms with Crippen molar-refractivity contribution in [1.82, 2.24) is 4.90 Å². The maximum atomic E-state index is 13.3. The molecule has 1 saturated heterocycles. The van der Waals surface area contributed by atoms with Gasteiger partial charge in [-0.1, -0.05) is 68.8 Å². The van der Waals surface area contributed by atoms with E-state index in [9.17, 15) is 4.79 Å². The predicted octanol–water partition coefficient (Wildman–Crippen LogP) is 6.52. The second-order valence-corrected chi connectivity index (χ2v) is 10.5. The number of hydrogen-bond donors (Lipinski definition) is 1. The number of carbonyl (C=O) groups excluding carboxylic acids is 1. The Labute approximate surface area is 210 Å². The van der Waals surface area contributed by atoms with E-state index >= 15 is 0 Å². The van der Waals surface area contributed by atoms with Crippen LogP contribution >= 0.6 is 0 Å². The first kappa shape index (κ1) is 24.7. The van der Waals surface area contributed by atoms with Crippen molar-refractivity contribution in [2.24, 2.45) is 0 Å². The van der Waals surface area contributed by atoms with Crippen molar-refractivity contribution >= 4 is 17.3 Å². The minimum atomic E-state index is -0.0920. The Hall–Kier alpha value is -3.37. The summed E-state index contributed by atoms with van der Waals surface area (Å²) in [5.41, 5.74) is 7.19. The molecule has 0 saturated carbocycles. The largest absolute Gasteiger partial charge is 0.369 e. The van der Waals surface area contributed by atoms with Gasteiger partial charge in [0.15, 0.2) is 0 Å².